The van der Waals surface area contributed by atoms with Crippen LogP contribution in [-0.4, -0.2) is 40.0 Å². The molecule has 1 aromatic heterocycles. The Morgan fingerprint density at radius 3 is 2.57 bits per heavy atom. The summed E-state index contributed by atoms with van der Waals surface area (Å²) in [6, 6.07) is 10.4. The molecule has 1 amide bonds. The van der Waals surface area contributed by atoms with E-state index in [1.54, 1.807) is 0 Å². The Bertz CT molecular complexity index is 753. The molecule has 0 radical (unpaired) electrons. The van der Waals surface area contributed by atoms with Crippen molar-refractivity contribution in [3.63, 3.8) is 0 Å². The minimum Gasteiger partial charge on any atom is -0.346 e. The summed E-state index contributed by atoms with van der Waals surface area (Å²) in [7, 11) is 1.97. The number of aryl methyl sites for hydroxylation is 1. The van der Waals surface area contributed by atoms with E-state index in [1.807, 2.05) is 29.8 Å². The van der Waals surface area contributed by atoms with Gasteiger partial charge in [0.2, 0.25) is 0 Å². The number of rotatable bonds is 2. The lowest BCUT2D eigenvalue weighted by Crippen LogP contribution is -2.69. The fourth-order valence-corrected chi connectivity index (χ4v) is 4.60. The number of hydrogen-bond donors (Lipinski definition) is 1. The van der Waals surface area contributed by atoms with Gasteiger partial charge in [-0.05, 0) is 57.8 Å². The Kier molecular flexibility index (Phi) is 3.27. The maximum absolute atomic E-state index is 12.9. The molecule has 0 aliphatic carbocycles. The Hall–Kier alpha value is -1.81. The number of para-hydroxylation sites is 1. The number of aromatic nitrogens is 1. The van der Waals surface area contributed by atoms with Crippen LogP contribution in [-0.2, 0) is 7.05 Å². The van der Waals surface area contributed by atoms with Crippen molar-refractivity contribution in [1.29, 1.82) is 0 Å². The summed E-state index contributed by atoms with van der Waals surface area (Å²) in [5, 5.41) is 4.48. The van der Waals surface area contributed by atoms with Gasteiger partial charge in [-0.25, -0.2) is 0 Å². The molecule has 2 bridgehead atoms. The predicted octanol–water partition coefficient (Wildman–Crippen LogP) is 2.78. The van der Waals surface area contributed by atoms with Gasteiger partial charge >= 0.3 is 0 Å². The zero-order chi connectivity index (χ0) is 16.2. The lowest BCUT2D eigenvalue weighted by molar-refractivity contribution is -0.0378. The van der Waals surface area contributed by atoms with Crippen molar-refractivity contribution in [2.75, 3.05) is 13.1 Å². The summed E-state index contributed by atoms with van der Waals surface area (Å²) < 4.78 is 2.00. The summed E-state index contributed by atoms with van der Waals surface area (Å²) in [6.45, 7) is 6.87. The monoisotopic (exact) mass is 311 g/mol. The number of carbonyl (C=O) groups is 1. The standard InChI is InChI=1S/C19H25N3O/c1-19(2)17(13-8-10-22(19)11-9-13)20-18(23)16-12-14-6-4-5-7-15(14)21(16)3/h4-7,12-13,17H,8-11H2,1-3H3,(H,20,23)/t17-/m1/s1. The van der Waals surface area contributed by atoms with Crippen molar-refractivity contribution >= 4 is 16.8 Å². The molecule has 1 N–H and O–H groups in total. The van der Waals surface area contributed by atoms with Crippen molar-refractivity contribution < 1.29 is 4.79 Å². The second-order valence-corrected chi connectivity index (χ2v) is 7.58. The quantitative estimate of drug-likeness (QED) is 0.926. The molecule has 2 aromatic rings. The highest BCUT2D eigenvalue weighted by molar-refractivity contribution is 5.98. The van der Waals surface area contributed by atoms with Gasteiger partial charge in [0.25, 0.3) is 5.91 Å². The van der Waals surface area contributed by atoms with E-state index in [1.165, 1.54) is 12.8 Å². The number of piperidine rings is 3. The molecule has 1 atom stereocenters. The van der Waals surface area contributed by atoms with Crippen molar-refractivity contribution in [2.24, 2.45) is 13.0 Å². The minimum absolute atomic E-state index is 0.0431. The van der Waals surface area contributed by atoms with E-state index in [2.05, 4.69) is 36.2 Å². The zero-order valence-corrected chi connectivity index (χ0v) is 14.2. The molecule has 3 saturated heterocycles. The molecule has 0 spiro atoms. The summed E-state index contributed by atoms with van der Waals surface area (Å²) >= 11 is 0. The van der Waals surface area contributed by atoms with Crippen LogP contribution in [0, 0.1) is 5.92 Å². The largest absolute Gasteiger partial charge is 0.346 e. The Morgan fingerprint density at radius 2 is 1.91 bits per heavy atom. The van der Waals surface area contributed by atoms with Crippen LogP contribution >= 0.6 is 0 Å². The number of carbonyl (C=O) groups excluding carboxylic acids is 1. The molecule has 0 saturated carbocycles. The van der Waals surface area contributed by atoms with Gasteiger partial charge < -0.3 is 9.88 Å². The number of hydrogen-bond acceptors (Lipinski definition) is 2. The van der Waals surface area contributed by atoms with Crippen LogP contribution in [0.15, 0.2) is 30.3 Å². The number of nitrogens with one attached hydrogen (secondary N) is 1. The minimum atomic E-state index is 0.0431. The lowest BCUT2D eigenvalue weighted by Gasteiger charge is -2.56. The molecule has 4 heteroatoms. The van der Waals surface area contributed by atoms with E-state index in [9.17, 15) is 4.79 Å². The van der Waals surface area contributed by atoms with Crippen molar-refractivity contribution in [2.45, 2.75) is 38.3 Å². The molecule has 1 aromatic carbocycles. The topological polar surface area (TPSA) is 37.3 Å². The smallest absolute Gasteiger partial charge is 0.268 e. The van der Waals surface area contributed by atoms with Gasteiger partial charge in [-0.15, -0.1) is 0 Å². The summed E-state index contributed by atoms with van der Waals surface area (Å²) in [6.07, 6.45) is 2.40. The molecule has 3 fully saturated rings. The molecule has 122 valence electrons. The third-order valence-electron chi connectivity index (χ3n) is 6.06. The average molecular weight is 311 g/mol. The van der Waals surface area contributed by atoms with Crippen LogP contribution in [0.4, 0.5) is 0 Å². The third-order valence-corrected chi connectivity index (χ3v) is 6.06. The summed E-state index contributed by atoms with van der Waals surface area (Å²) in [5.74, 6) is 0.657. The van der Waals surface area contributed by atoms with Crippen LogP contribution in [0.5, 0.6) is 0 Å². The maximum atomic E-state index is 12.9. The first-order valence-electron chi connectivity index (χ1n) is 8.59. The van der Waals surface area contributed by atoms with Crippen LogP contribution in [0.1, 0.15) is 37.2 Å². The van der Waals surface area contributed by atoms with E-state index >= 15 is 0 Å². The van der Waals surface area contributed by atoms with E-state index in [0.29, 0.717) is 5.92 Å². The van der Waals surface area contributed by atoms with Gasteiger partial charge in [0.15, 0.2) is 0 Å². The zero-order valence-electron chi connectivity index (χ0n) is 14.2. The van der Waals surface area contributed by atoms with Crippen molar-refractivity contribution in [3.8, 4) is 0 Å². The van der Waals surface area contributed by atoms with Crippen LogP contribution < -0.4 is 5.32 Å². The van der Waals surface area contributed by atoms with Gasteiger partial charge in [0.05, 0.1) is 0 Å². The van der Waals surface area contributed by atoms with Crippen LogP contribution in [0.2, 0.25) is 0 Å². The highest BCUT2D eigenvalue weighted by Crippen LogP contribution is 2.39. The lowest BCUT2D eigenvalue weighted by atomic mass is 9.72. The summed E-state index contributed by atoms with van der Waals surface area (Å²) in [4.78, 5) is 15.4. The first kappa shape index (κ1) is 14.8. The second kappa shape index (κ2) is 5.10. The Balaban J connectivity index is 1.63. The molecule has 23 heavy (non-hydrogen) atoms. The van der Waals surface area contributed by atoms with Gasteiger partial charge in [-0.2, -0.15) is 0 Å². The summed E-state index contributed by atoms with van der Waals surface area (Å²) in [5.41, 5.74) is 1.89. The predicted molar refractivity (Wildman–Crippen MR) is 92.5 cm³/mol. The van der Waals surface area contributed by atoms with Crippen molar-refractivity contribution in [1.82, 2.24) is 14.8 Å². The van der Waals surface area contributed by atoms with E-state index in [4.69, 9.17) is 0 Å². The molecule has 3 aliphatic heterocycles. The first-order chi connectivity index (χ1) is 11.0. The highest BCUT2D eigenvalue weighted by Gasteiger charge is 2.48. The number of nitrogens with zero attached hydrogens (tertiary/aromatic N) is 2. The normalized spacial score (nSPS) is 28.9. The van der Waals surface area contributed by atoms with E-state index in [0.717, 1.165) is 29.7 Å². The Morgan fingerprint density at radius 1 is 1.22 bits per heavy atom. The van der Waals surface area contributed by atoms with E-state index < -0.39 is 0 Å². The average Bonchev–Trinajstić information content (AvgIpc) is 2.89. The van der Waals surface area contributed by atoms with Gasteiger partial charge in [0, 0.05) is 29.5 Å². The fraction of sp³-hybridized carbons (Fsp3) is 0.526. The molecule has 5 rings (SSSR count). The number of benzene rings is 1. The molecule has 4 nitrogen and oxygen atoms in total. The van der Waals surface area contributed by atoms with Crippen LogP contribution in [0.3, 0.4) is 0 Å². The Labute approximate surface area is 137 Å². The number of amides is 1. The molecule has 3 aliphatic rings. The highest BCUT2D eigenvalue weighted by atomic mass is 16.2. The molecular weight excluding hydrogens is 286 g/mol. The molecule has 4 heterocycles. The fourth-order valence-electron chi connectivity index (χ4n) is 4.60. The first-order valence-corrected chi connectivity index (χ1v) is 8.59. The van der Waals surface area contributed by atoms with Gasteiger partial charge in [0.1, 0.15) is 5.69 Å². The van der Waals surface area contributed by atoms with Gasteiger partial charge in [-0.1, -0.05) is 18.2 Å². The SMILES string of the molecule is Cn1c(C(=O)N[C@@H]2C3CCN(CC3)C2(C)C)cc2ccccc21. The number of fused-ring (bicyclic) bond motifs is 4. The second-order valence-electron chi connectivity index (χ2n) is 7.58. The van der Waals surface area contributed by atoms with Crippen molar-refractivity contribution in [3.05, 3.63) is 36.0 Å². The third kappa shape index (κ3) is 2.19. The van der Waals surface area contributed by atoms with Gasteiger partial charge in [-0.3, -0.25) is 9.69 Å². The van der Waals surface area contributed by atoms with Crippen LogP contribution in [0.25, 0.3) is 10.9 Å². The maximum Gasteiger partial charge on any atom is 0.268 e. The molecular formula is C19H25N3O. The molecule has 0 unspecified atom stereocenters. The van der Waals surface area contributed by atoms with E-state index in [-0.39, 0.29) is 17.5 Å².